The molecule has 1 aromatic rings. The molecule has 0 aliphatic heterocycles. The van der Waals surface area contributed by atoms with Crippen LogP contribution >= 0.6 is 23.4 Å². The molecule has 1 aromatic carbocycles. The smallest absolute Gasteiger partial charge is 0.329 e. The summed E-state index contributed by atoms with van der Waals surface area (Å²) in [5.74, 6) is -7.56. The zero-order chi connectivity index (χ0) is 28.4. The number of hydrogen-bond acceptors (Lipinski definition) is 11. The van der Waals surface area contributed by atoms with E-state index in [0.29, 0.717) is 4.90 Å². The molecule has 0 unspecified atom stereocenters. The highest BCUT2D eigenvalue weighted by Gasteiger charge is 2.78. The molecule has 2 aliphatic rings. The fourth-order valence-corrected chi connectivity index (χ4v) is 6.05. The van der Waals surface area contributed by atoms with Gasteiger partial charge in [0, 0.05) is 28.4 Å². The summed E-state index contributed by atoms with van der Waals surface area (Å²) >= 11 is 7.04. The second kappa shape index (κ2) is 12.2. The van der Waals surface area contributed by atoms with Crippen molar-refractivity contribution in [2.24, 2.45) is 41.2 Å². The molecule has 0 saturated heterocycles. The molecule has 13 heteroatoms. The van der Waals surface area contributed by atoms with E-state index in [2.05, 4.69) is 0 Å². The first-order valence-corrected chi connectivity index (χ1v) is 13.4. The third-order valence-electron chi connectivity index (χ3n) is 6.73. The Morgan fingerprint density at radius 1 is 1.05 bits per heavy atom. The summed E-state index contributed by atoms with van der Waals surface area (Å²) in [6, 6.07) is 4.09. The zero-order valence-corrected chi connectivity index (χ0v) is 22.9. The summed E-state index contributed by atoms with van der Waals surface area (Å²) in [4.78, 5) is 49.8. The van der Waals surface area contributed by atoms with Gasteiger partial charge in [-0.25, -0.2) is 9.18 Å². The quantitative estimate of drug-likeness (QED) is 0.227. The molecule has 0 amide bonds. The van der Waals surface area contributed by atoms with E-state index >= 15 is 0 Å². The number of rotatable bonds is 11. The zero-order valence-electron chi connectivity index (χ0n) is 21.3. The van der Waals surface area contributed by atoms with Crippen LogP contribution in [0.1, 0.15) is 27.7 Å². The molecule has 2 fully saturated rings. The van der Waals surface area contributed by atoms with Crippen LogP contribution in [0.25, 0.3) is 0 Å². The molecule has 0 spiro atoms. The van der Waals surface area contributed by atoms with E-state index in [-0.39, 0.29) is 10.8 Å². The molecule has 10 nitrogen and oxygen atoms in total. The number of aliphatic hydroxyl groups excluding tert-OH is 1. The molecular formula is C25H31ClFNO9S. The second-order valence-electron chi connectivity index (χ2n) is 9.91. The third kappa shape index (κ3) is 6.24. The van der Waals surface area contributed by atoms with Crippen LogP contribution in [0.15, 0.2) is 23.1 Å². The highest BCUT2D eigenvalue weighted by molar-refractivity contribution is 7.99. The number of esters is 4. The largest absolute Gasteiger partial charge is 0.428 e. The average molecular weight is 576 g/mol. The molecule has 2 aliphatic carbocycles. The lowest BCUT2D eigenvalue weighted by molar-refractivity contribution is -0.175. The van der Waals surface area contributed by atoms with Crippen molar-refractivity contribution in [3.05, 3.63) is 29.0 Å². The van der Waals surface area contributed by atoms with Gasteiger partial charge in [0.25, 0.3) is 0 Å². The van der Waals surface area contributed by atoms with Crippen molar-refractivity contribution in [2.45, 2.75) is 44.2 Å². The van der Waals surface area contributed by atoms with E-state index in [4.69, 9.17) is 36.3 Å². The molecule has 0 radical (unpaired) electrons. The number of nitrogens with two attached hydrogens (primary N) is 1. The summed E-state index contributed by atoms with van der Waals surface area (Å²) in [6.45, 7) is 5.17. The van der Waals surface area contributed by atoms with E-state index in [1.165, 1.54) is 30.0 Å². The van der Waals surface area contributed by atoms with Gasteiger partial charge in [0.15, 0.2) is 0 Å². The van der Waals surface area contributed by atoms with Crippen molar-refractivity contribution >= 4 is 47.2 Å². The van der Waals surface area contributed by atoms with Gasteiger partial charge in [-0.2, -0.15) is 0 Å². The van der Waals surface area contributed by atoms with Crippen molar-refractivity contribution < 1.29 is 47.6 Å². The summed E-state index contributed by atoms with van der Waals surface area (Å²) in [6.07, 6.45) is -1.19. The van der Waals surface area contributed by atoms with Gasteiger partial charge in [0.1, 0.15) is 11.4 Å². The highest BCUT2D eigenvalue weighted by atomic mass is 35.5. The van der Waals surface area contributed by atoms with Crippen LogP contribution in [-0.4, -0.2) is 60.0 Å². The average Bonchev–Trinajstić information content (AvgIpc) is 3.57. The highest BCUT2D eigenvalue weighted by Crippen LogP contribution is 2.64. The summed E-state index contributed by atoms with van der Waals surface area (Å²) in [5.41, 5.74) is 4.76. The van der Waals surface area contributed by atoms with Gasteiger partial charge in [-0.05, 0) is 18.2 Å². The van der Waals surface area contributed by atoms with E-state index in [0.717, 1.165) is 0 Å². The Morgan fingerprint density at radius 3 is 2.18 bits per heavy atom. The monoisotopic (exact) mass is 575 g/mol. The molecule has 210 valence electrons. The van der Waals surface area contributed by atoms with Crippen molar-refractivity contribution in [3.63, 3.8) is 0 Å². The SMILES string of the molecule is CC(C)C(=O)OCOC(=O)[C@H]1[C@@H]2[C@H](O)[C@@H](CSc3ccc(F)c(Cl)c3)[C@@](N)(C(=O)OCOC(=O)C(C)C)[C@H]12. The van der Waals surface area contributed by atoms with E-state index in [1.54, 1.807) is 27.7 Å². The van der Waals surface area contributed by atoms with Gasteiger partial charge in [-0.1, -0.05) is 39.3 Å². The minimum Gasteiger partial charge on any atom is -0.428 e. The molecule has 6 atom stereocenters. The first-order valence-electron chi connectivity index (χ1n) is 12.0. The first-order chi connectivity index (χ1) is 17.8. The predicted molar refractivity (Wildman–Crippen MR) is 133 cm³/mol. The minimum atomic E-state index is -1.83. The van der Waals surface area contributed by atoms with E-state index < -0.39 is 90.4 Å². The molecule has 2 saturated carbocycles. The standard InChI is InChI=1S/C25H31ClFNO9S/c1-11(2)21(30)34-9-36-23(32)18-17-19(18)25(28,24(33)37-10-35-22(31)12(3)4)14(20(17)29)8-38-13-5-6-16(27)15(26)7-13/h5-7,11-12,14,17-20,29H,8-10,28H2,1-4H3/t14-,17+,18+,19+,20-,25+/m1/s1. The van der Waals surface area contributed by atoms with Crippen LogP contribution in [0, 0.1) is 41.3 Å². The summed E-state index contributed by atoms with van der Waals surface area (Å²) in [5, 5.41) is 11.0. The van der Waals surface area contributed by atoms with E-state index in [1.807, 2.05) is 0 Å². The molecule has 3 N–H and O–H groups in total. The van der Waals surface area contributed by atoms with Crippen LogP contribution < -0.4 is 5.73 Å². The van der Waals surface area contributed by atoms with Gasteiger partial charge >= 0.3 is 23.9 Å². The Kier molecular flexibility index (Phi) is 9.66. The second-order valence-corrected chi connectivity index (χ2v) is 11.4. The maximum absolute atomic E-state index is 13.5. The molecular weight excluding hydrogens is 545 g/mol. The minimum absolute atomic E-state index is 0.0869. The number of ether oxygens (including phenoxy) is 4. The van der Waals surface area contributed by atoms with Gasteiger partial charge in [-0.15, -0.1) is 11.8 Å². The fourth-order valence-electron chi connectivity index (χ4n) is 4.59. The van der Waals surface area contributed by atoms with Crippen molar-refractivity contribution in [2.75, 3.05) is 19.3 Å². The number of thioether (sulfide) groups is 1. The topological polar surface area (TPSA) is 151 Å². The Labute approximate surface area is 228 Å². The fraction of sp³-hybridized carbons (Fsp3) is 0.600. The number of fused-ring (bicyclic) bond motifs is 1. The van der Waals surface area contributed by atoms with Crippen molar-refractivity contribution in [1.82, 2.24) is 0 Å². The van der Waals surface area contributed by atoms with Crippen LogP contribution in [0.5, 0.6) is 0 Å². The lowest BCUT2D eigenvalue weighted by Crippen LogP contribution is -2.59. The molecule has 0 aromatic heterocycles. The molecule has 0 heterocycles. The van der Waals surface area contributed by atoms with E-state index in [9.17, 15) is 28.7 Å². The number of aliphatic hydroxyl groups is 1. The maximum Gasteiger partial charge on any atom is 0.329 e. The van der Waals surface area contributed by atoms with Gasteiger partial charge in [0.05, 0.1) is 28.9 Å². The van der Waals surface area contributed by atoms with Crippen molar-refractivity contribution in [3.8, 4) is 0 Å². The Bertz CT molecular complexity index is 1090. The molecule has 3 rings (SSSR count). The lowest BCUT2D eigenvalue weighted by Gasteiger charge is -2.34. The Hall–Kier alpha value is -2.41. The van der Waals surface area contributed by atoms with Crippen LogP contribution in [0.3, 0.4) is 0 Å². The van der Waals surface area contributed by atoms with Crippen molar-refractivity contribution in [1.29, 1.82) is 0 Å². The van der Waals surface area contributed by atoms with Crippen LogP contribution in [0.2, 0.25) is 5.02 Å². The van der Waals surface area contributed by atoms with Crippen LogP contribution in [-0.2, 0) is 38.1 Å². The number of carbonyl (C=O) groups excluding carboxylic acids is 4. The van der Waals surface area contributed by atoms with Gasteiger partial charge in [-0.3, -0.25) is 14.4 Å². The number of benzene rings is 1. The Morgan fingerprint density at radius 2 is 1.63 bits per heavy atom. The lowest BCUT2D eigenvalue weighted by atomic mass is 9.81. The summed E-state index contributed by atoms with van der Waals surface area (Å²) in [7, 11) is 0. The molecule has 0 bridgehead atoms. The summed E-state index contributed by atoms with van der Waals surface area (Å²) < 4.78 is 33.5. The first kappa shape index (κ1) is 30.1. The van der Waals surface area contributed by atoms with Gasteiger partial charge < -0.3 is 29.8 Å². The van der Waals surface area contributed by atoms with Crippen LogP contribution in [0.4, 0.5) is 4.39 Å². The number of hydrogen-bond donors (Lipinski definition) is 2. The maximum atomic E-state index is 13.5. The number of carbonyl (C=O) groups is 4. The number of halogens is 2. The van der Waals surface area contributed by atoms with Gasteiger partial charge in [0.2, 0.25) is 13.6 Å². The molecule has 38 heavy (non-hydrogen) atoms. The Balaban J connectivity index is 1.73. The normalized spacial score (nSPS) is 27.6. The predicted octanol–water partition coefficient (Wildman–Crippen LogP) is 2.52. The third-order valence-corrected chi connectivity index (χ3v) is 8.13.